The summed E-state index contributed by atoms with van der Waals surface area (Å²) in [6.45, 7) is 2.30. The molecule has 0 N–H and O–H groups in total. The number of nitrogens with zero attached hydrogens (tertiary/aromatic N) is 2. The highest BCUT2D eigenvalue weighted by atomic mass is 32.2. The summed E-state index contributed by atoms with van der Waals surface area (Å²) < 4.78 is 45.6. The van der Waals surface area contributed by atoms with E-state index in [0.717, 1.165) is 16.8 Å². The van der Waals surface area contributed by atoms with Gasteiger partial charge in [-0.2, -0.15) is 8.70 Å². The number of ether oxygens (including phenoxy) is 1. The Hall–Kier alpha value is -3.15. The second kappa shape index (κ2) is 9.77. The van der Waals surface area contributed by atoms with Crippen LogP contribution in [0.4, 0.5) is 4.39 Å². The number of fused-ring (bicyclic) bond motifs is 1. The lowest BCUT2D eigenvalue weighted by molar-refractivity contribution is -0.136. The fraction of sp³-hybridized carbons (Fsp3) is 0.261. The van der Waals surface area contributed by atoms with Crippen LogP contribution in [0.2, 0.25) is 0 Å². The number of allylic oxidation sites excluding steroid dienone is 4. The Morgan fingerprint density at radius 2 is 1.81 bits per heavy atom. The number of amides is 1. The van der Waals surface area contributed by atoms with E-state index in [-0.39, 0.29) is 43.6 Å². The number of carbonyl (C=O) groups excluding carboxylic acids is 1. The fourth-order valence-corrected chi connectivity index (χ4v) is 4.67. The molecular formula is C23H23FN2O4S. The number of carbonyl (C=O) groups is 1. The number of rotatable bonds is 6. The molecule has 0 aromatic heterocycles. The molecule has 0 unspecified atom stereocenters. The highest BCUT2D eigenvalue weighted by Crippen LogP contribution is 2.23. The minimum Gasteiger partial charge on any atom is -0.488 e. The van der Waals surface area contributed by atoms with Crippen molar-refractivity contribution in [2.45, 2.75) is 11.8 Å². The molecule has 1 aliphatic rings. The second-order valence-electron chi connectivity index (χ2n) is 7.02. The summed E-state index contributed by atoms with van der Waals surface area (Å²) in [5.41, 5.74) is 0. The molecule has 0 aliphatic carbocycles. The number of hydrogen-bond acceptors (Lipinski definition) is 4. The zero-order valence-electron chi connectivity index (χ0n) is 17.1. The molecule has 1 amide bonds. The summed E-state index contributed by atoms with van der Waals surface area (Å²) in [4.78, 5) is 14.1. The maximum Gasteiger partial charge on any atom is 0.260 e. The molecule has 8 heteroatoms. The third-order valence-electron chi connectivity index (χ3n) is 4.98. The molecule has 1 saturated heterocycles. The van der Waals surface area contributed by atoms with Gasteiger partial charge in [0.2, 0.25) is 10.0 Å². The lowest BCUT2D eigenvalue weighted by Crippen LogP contribution is -2.51. The Morgan fingerprint density at radius 3 is 2.48 bits per heavy atom. The largest absolute Gasteiger partial charge is 0.488 e. The van der Waals surface area contributed by atoms with Gasteiger partial charge in [0.25, 0.3) is 5.91 Å². The van der Waals surface area contributed by atoms with E-state index < -0.39 is 15.9 Å². The van der Waals surface area contributed by atoms with Gasteiger partial charge in [0, 0.05) is 26.2 Å². The van der Waals surface area contributed by atoms with Crippen molar-refractivity contribution in [2.75, 3.05) is 32.8 Å². The standard InChI is InChI=1S/C23H23FN2O4S/c1-3-21(24)10-8-18(2)30-17-23(27)25-12-14-26(15-13-25)31(28,29)22-11-9-19-6-4-5-7-20(19)16-22/h1,4-11,16H,12-15,17H2,2H3/b18-8+,21-10+. The van der Waals surface area contributed by atoms with Crippen molar-refractivity contribution in [3.63, 3.8) is 0 Å². The van der Waals surface area contributed by atoms with Crippen molar-refractivity contribution >= 4 is 26.7 Å². The monoisotopic (exact) mass is 442 g/mol. The molecule has 0 atom stereocenters. The highest BCUT2D eigenvalue weighted by Gasteiger charge is 2.30. The first-order chi connectivity index (χ1) is 14.8. The SMILES string of the molecule is C#C/C(F)=C\C=C(/C)OCC(=O)N1CCN(S(=O)(=O)c2ccc3ccccc3c2)CC1. The van der Waals surface area contributed by atoms with Gasteiger partial charge in [0.1, 0.15) is 0 Å². The van der Waals surface area contributed by atoms with E-state index in [0.29, 0.717) is 5.76 Å². The molecule has 3 rings (SSSR count). The molecule has 31 heavy (non-hydrogen) atoms. The van der Waals surface area contributed by atoms with Crippen LogP contribution >= 0.6 is 0 Å². The summed E-state index contributed by atoms with van der Waals surface area (Å²) in [6, 6.07) is 12.6. The molecule has 1 aliphatic heterocycles. The van der Waals surface area contributed by atoms with Gasteiger partial charge in [-0.15, -0.1) is 6.42 Å². The zero-order valence-corrected chi connectivity index (χ0v) is 17.9. The maximum atomic E-state index is 13.0. The predicted molar refractivity (Wildman–Crippen MR) is 117 cm³/mol. The van der Waals surface area contributed by atoms with Crippen LogP contribution in [0.25, 0.3) is 10.8 Å². The Labute approximate surface area is 181 Å². The van der Waals surface area contributed by atoms with Crippen LogP contribution in [0.3, 0.4) is 0 Å². The van der Waals surface area contributed by atoms with Gasteiger partial charge >= 0.3 is 0 Å². The summed E-state index contributed by atoms with van der Waals surface area (Å²) in [5.74, 6) is 1.18. The molecule has 0 saturated carbocycles. The van der Waals surface area contributed by atoms with Gasteiger partial charge in [0.15, 0.2) is 12.4 Å². The Morgan fingerprint density at radius 1 is 1.13 bits per heavy atom. The van der Waals surface area contributed by atoms with E-state index in [9.17, 15) is 17.6 Å². The molecule has 0 bridgehead atoms. The highest BCUT2D eigenvalue weighted by molar-refractivity contribution is 7.89. The van der Waals surface area contributed by atoms with E-state index in [1.54, 1.807) is 30.0 Å². The first-order valence-electron chi connectivity index (χ1n) is 9.71. The number of halogens is 1. The van der Waals surface area contributed by atoms with Crippen molar-refractivity contribution in [1.82, 2.24) is 9.21 Å². The van der Waals surface area contributed by atoms with Crippen LogP contribution in [-0.4, -0.2) is 56.3 Å². The van der Waals surface area contributed by atoms with Crippen LogP contribution < -0.4 is 0 Å². The van der Waals surface area contributed by atoms with E-state index in [1.807, 2.05) is 30.2 Å². The van der Waals surface area contributed by atoms with Gasteiger partial charge in [-0.05, 0) is 47.9 Å². The van der Waals surface area contributed by atoms with Gasteiger partial charge in [-0.25, -0.2) is 8.42 Å². The van der Waals surface area contributed by atoms with Gasteiger partial charge in [-0.3, -0.25) is 4.79 Å². The second-order valence-corrected chi connectivity index (χ2v) is 8.96. The van der Waals surface area contributed by atoms with E-state index in [1.165, 1.54) is 10.4 Å². The fourth-order valence-electron chi connectivity index (χ4n) is 3.21. The lowest BCUT2D eigenvalue weighted by Gasteiger charge is -2.34. The maximum absolute atomic E-state index is 13.0. The van der Waals surface area contributed by atoms with E-state index in [4.69, 9.17) is 11.2 Å². The summed E-state index contributed by atoms with van der Waals surface area (Å²) in [6.07, 6.45) is 7.33. The smallest absolute Gasteiger partial charge is 0.260 e. The van der Waals surface area contributed by atoms with E-state index in [2.05, 4.69) is 0 Å². The van der Waals surface area contributed by atoms with Crippen LogP contribution in [0.5, 0.6) is 0 Å². The summed E-state index contributed by atoms with van der Waals surface area (Å²) >= 11 is 0. The van der Waals surface area contributed by atoms with Gasteiger partial charge in [0.05, 0.1) is 10.7 Å². The number of sulfonamides is 1. The average Bonchev–Trinajstić information content (AvgIpc) is 2.80. The average molecular weight is 443 g/mol. The van der Waals surface area contributed by atoms with Crippen molar-refractivity contribution in [1.29, 1.82) is 0 Å². The molecule has 6 nitrogen and oxygen atoms in total. The van der Waals surface area contributed by atoms with Gasteiger partial charge < -0.3 is 9.64 Å². The van der Waals surface area contributed by atoms with Crippen LogP contribution in [0.15, 0.2) is 71.1 Å². The van der Waals surface area contributed by atoms with Crippen LogP contribution in [-0.2, 0) is 19.6 Å². The lowest BCUT2D eigenvalue weighted by atomic mass is 10.1. The van der Waals surface area contributed by atoms with E-state index >= 15 is 0 Å². The first kappa shape index (κ1) is 22.5. The molecule has 2 aromatic rings. The summed E-state index contributed by atoms with van der Waals surface area (Å²) in [5, 5.41) is 1.83. The minimum absolute atomic E-state index is 0.200. The molecule has 1 fully saturated rings. The number of terminal acetylenes is 1. The molecule has 2 aromatic carbocycles. The number of piperazine rings is 1. The van der Waals surface area contributed by atoms with Crippen molar-refractivity contribution in [3.05, 3.63) is 66.2 Å². The first-order valence-corrected chi connectivity index (χ1v) is 11.2. The number of hydrogen-bond donors (Lipinski definition) is 0. The molecular weight excluding hydrogens is 419 g/mol. The molecule has 162 valence electrons. The van der Waals surface area contributed by atoms with Crippen molar-refractivity contribution in [3.8, 4) is 12.3 Å². The number of benzene rings is 2. The zero-order chi connectivity index (χ0) is 22.4. The van der Waals surface area contributed by atoms with Crippen molar-refractivity contribution in [2.24, 2.45) is 0 Å². The Balaban J connectivity index is 1.58. The molecule has 0 spiro atoms. The Bertz CT molecular complexity index is 1170. The van der Waals surface area contributed by atoms with Crippen LogP contribution in [0, 0.1) is 12.3 Å². The minimum atomic E-state index is -3.65. The Kier molecular flexibility index (Phi) is 7.10. The van der Waals surface area contributed by atoms with Crippen molar-refractivity contribution < 1.29 is 22.3 Å². The predicted octanol–water partition coefficient (Wildman–Crippen LogP) is 3.08. The van der Waals surface area contributed by atoms with Gasteiger partial charge in [-0.1, -0.05) is 30.3 Å². The molecule has 1 heterocycles. The normalized spacial score (nSPS) is 16.2. The quantitative estimate of drug-likeness (QED) is 0.392. The molecule has 0 radical (unpaired) electrons. The third kappa shape index (κ3) is 5.51. The summed E-state index contributed by atoms with van der Waals surface area (Å²) in [7, 11) is -3.65. The van der Waals surface area contributed by atoms with Crippen LogP contribution in [0.1, 0.15) is 6.92 Å². The third-order valence-corrected chi connectivity index (χ3v) is 6.87. The topological polar surface area (TPSA) is 66.9 Å².